The number of nitrogens with two attached hydrogens (primary N) is 1. The Balaban J connectivity index is 1.87. The van der Waals surface area contributed by atoms with Crippen molar-refractivity contribution in [3.05, 3.63) is 35.6 Å². The van der Waals surface area contributed by atoms with Gasteiger partial charge in [-0.05, 0) is 55.8 Å². The predicted octanol–water partition coefficient (Wildman–Crippen LogP) is 2.70. The highest BCUT2D eigenvalue weighted by molar-refractivity contribution is 5.83. The monoisotopic (exact) mass is 249 g/mol. The normalized spacial score (nSPS) is 23.9. The molecule has 2 N–H and O–H groups in total. The molecular formula is C15H20FNO. The summed E-state index contributed by atoms with van der Waals surface area (Å²) in [6.07, 6.45) is 4.48. The maximum Gasteiger partial charge on any atom is 0.140 e. The van der Waals surface area contributed by atoms with Crippen molar-refractivity contribution in [1.82, 2.24) is 0 Å². The molecule has 0 atom stereocenters. The Kier molecular flexibility index (Phi) is 4.48. The van der Waals surface area contributed by atoms with Crippen LogP contribution in [0.2, 0.25) is 0 Å². The summed E-state index contributed by atoms with van der Waals surface area (Å²) in [5.74, 6) is 0.810. The highest BCUT2D eigenvalue weighted by Gasteiger charge is 2.25. The van der Waals surface area contributed by atoms with E-state index in [-0.39, 0.29) is 17.5 Å². The Hall–Kier alpha value is -1.22. The topological polar surface area (TPSA) is 43.1 Å². The van der Waals surface area contributed by atoms with E-state index in [9.17, 15) is 9.18 Å². The highest BCUT2D eigenvalue weighted by atomic mass is 19.1. The molecule has 1 fully saturated rings. The lowest BCUT2D eigenvalue weighted by Gasteiger charge is -2.26. The van der Waals surface area contributed by atoms with Gasteiger partial charge < -0.3 is 5.73 Å². The molecule has 1 aromatic rings. The Morgan fingerprint density at radius 3 is 2.33 bits per heavy atom. The van der Waals surface area contributed by atoms with Crippen LogP contribution in [0.4, 0.5) is 4.39 Å². The van der Waals surface area contributed by atoms with E-state index in [1.165, 1.54) is 12.1 Å². The molecule has 1 aromatic carbocycles. The second-order valence-corrected chi connectivity index (χ2v) is 5.22. The quantitative estimate of drug-likeness (QED) is 0.891. The van der Waals surface area contributed by atoms with Crippen molar-refractivity contribution in [2.45, 2.75) is 32.1 Å². The van der Waals surface area contributed by atoms with Gasteiger partial charge in [0, 0.05) is 12.3 Å². The molecule has 0 amide bonds. The first-order valence-electron chi connectivity index (χ1n) is 6.66. The number of hydrogen-bond donors (Lipinski definition) is 1. The van der Waals surface area contributed by atoms with Crippen LogP contribution in [-0.2, 0) is 11.2 Å². The molecule has 0 saturated heterocycles. The number of benzene rings is 1. The number of carbonyl (C=O) groups is 1. The standard InChI is InChI=1S/C15H20FNO/c16-14-7-3-11(4-8-14)9-15(18)13-5-1-12(10-17)2-6-13/h3-4,7-8,12-13H,1-2,5-6,9-10,17H2. The van der Waals surface area contributed by atoms with Crippen molar-refractivity contribution in [2.24, 2.45) is 17.6 Å². The molecule has 3 heteroatoms. The maximum absolute atomic E-state index is 12.8. The van der Waals surface area contributed by atoms with Crippen molar-refractivity contribution in [1.29, 1.82) is 0 Å². The molecule has 1 aliphatic carbocycles. The first kappa shape index (κ1) is 13.2. The average molecular weight is 249 g/mol. The fourth-order valence-electron chi connectivity index (χ4n) is 2.67. The van der Waals surface area contributed by atoms with Crippen molar-refractivity contribution < 1.29 is 9.18 Å². The van der Waals surface area contributed by atoms with Crippen LogP contribution in [0.3, 0.4) is 0 Å². The Labute approximate surface area is 107 Å². The second kappa shape index (κ2) is 6.10. The number of halogens is 1. The molecule has 0 aliphatic heterocycles. The second-order valence-electron chi connectivity index (χ2n) is 5.22. The van der Waals surface area contributed by atoms with Gasteiger partial charge in [-0.25, -0.2) is 4.39 Å². The van der Waals surface area contributed by atoms with E-state index in [0.717, 1.165) is 37.8 Å². The highest BCUT2D eigenvalue weighted by Crippen LogP contribution is 2.29. The molecule has 1 saturated carbocycles. The van der Waals surface area contributed by atoms with Gasteiger partial charge >= 0.3 is 0 Å². The Morgan fingerprint density at radius 2 is 1.78 bits per heavy atom. The number of ketones is 1. The predicted molar refractivity (Wildman–Crippen MR) is 69.6 cm³/mol. The van der Waals surface area contributed by atoms with Gasteiger partial charge in [0.2, 0.25) is 0 Å². The molecule has 0 bridgehead atoms. The number of Topliss-reactive ketones (excluding diaryl/α,β-unsaturated/α-hetero) is 1. The lowest BCUT2D eigenvalue weighted by molar-refractivity contribution is -0.123. The van der Waals surface area contributed by atoms with Crippen molar-refractivity contribution in [3.63, 3.8) is 0 Å². The van der Waals surface area contributed by atoms with Crippen LogP contribution in [-0.4, -0.2) is 12.3 Å². The Bertz CT molecular complexity index is 393. The zero-order chi connectivity index (χ0) is 13.0. The van der Waals surface area contributed by atoms with Crippen molar-refractivity contribution in [3.8, 4) is 0 Å². The zero-order valence-electron chi connectivity index (χ0n) is 10.6. The molecule has 2 nitrogen and oxygen atoms in total. The molecule has 18 heavy (non-hydrogen) atoms. The first-order chi connectivity index (χ1) is 8.69. The SMILES string of the molecule is NCC1CCC(C(=O)Cc2ccc(F)cc2)CC1. The minimum absolute atomic E-state index is 0.179. The van der Waals surface area contributed by atoms with E-state index in [2.05, 4.69) is 0 Å². The largest absolute Gasteiger partial charge is 0.330 e. The third kappa shape index (κ3) is 3.39. The van der Waals surface area contributed by atoms with Gasteiger partial charge in [-0.3, -0.25) is 4.79 Å². The van der Waals surface area contributed by atoms with Crippen LogP contribution in [0.1, 0.15) is 31.2 Å². The number of hydrogen-bond acceptors (Lipinski definition) is 2. The summed E-state index contributed by atoms with van der Waals surface area (Å²) in [6.45, 7) is 0.735. The third-order valence-corrected chi connectivity index (χ3v) is 3.93. The van der Waals surface area contributed by atoms with Crippen LogP contribution in [0.15, 0.2) is 24.3 Å². The fraction of sp³-hybridized carbons (Fsp3) is 0.533. The molecule has 0 aromatic heterocycles. The average Bonchev–Trinajstić information content (AvgIpc) is 2.41. The summed E-state index contributed by atoms with van der Waals surface area (Å²) in [5.41, 5.74) is 6.55. The minimum atomic E-state index is -0.255. The number of carbonyl (C=O) groups excluding carboxylic acids is 1. The van der Waals surface area contributed by atoms with E-state index in [0.29, 0.717) is 12.3 Å². The summed E-state index contributed by atoms with van der Waals surface area (Å²) in [6, 6.07) is 6.21. The van der Waals surface area contributed by atoms with Gasteiger partial charge in [0.15, 0.2) is 0 Å². The molecule has 1 aliphatic rings. The lowest BCUT2D eigenvalue weighted by Crippen LogP contribution is -2.26. The van der Waals surface area contributed by atoms with E-state index in [1.54, 1.807) is 12.1 Å². The van der Waals surface area contributed by atoms with Gasteiger partial charge in [0.1, 0.15) is 11.6 Å². The number of rotatable bonds is 4. The summed E-state index contributed by atoms with van der Waals surface area (Å²) in [4.78, 5) is 12.1. The van der Waals surface area contributed by atoms with Gasteiger partial charge in [-0.2, -0.15) is 0 Å². The molecule has 0 heterocycles. The van der Waals surface area contributed by atoms with Crippen LogP contribution >= 0.6 is 0 Å². The smallest absolute Gasteiger partial charge is 0.140 e. The third-order valence-electron chi connectivity index (χ3n) is 3.93. The summed E-state index contributed by atoms with van der Waals surface area (Å²) >= 11 is 0. The summed E-state index contributed by atoms with van der Waals surface area (Å²) < 4.78 is 12.8. The van der Waals surface area contributed by atoms with Crippen LogP contribution in [0, 0.1) is 17.7 Å². The summed E-state index contributed by atoms with van der Waals surface area (Å²) in [5, 5.41) is 0. The molecule has 98 valence electrons. The molecule has 0 radical (unpaired) electrons. The molecule has 0 spiro atoms. The molecule has 2 rings (SSSR count). The fourth-order valence-corrected chi connectivity index (χ4v) is 2.67. The zero-order valence-corrected chi connectivity index (χ0v) is 10.6. The summed E-state index contributed by atoms with van der Waals surface area (Å²) in [7, 11) is 0. The van der Waals surface area contributed by atoms with Gasteiger partial charge in [-0.1, -0.05) is 12.1 Å². The van der Waals surface area contributed by atoms with Crippen molar-refractivity contribution >= 4 is 5.78 Å². The molecular weight excluding hydrogens is 229 g/mol. The lowest BCUT2D eigenvalue weighted by atomic mass is 9.79. The van der Waals surface area contributed by atoms with E-state index in [4.69, 9.17) is 5.73 Å². The van der Waals surface area contributed by atoms with Gasteiger partial charge in [0.05, 0.1) is 0 Å². The van der Waals surface area contributed by atoms with Crippen LogP contribution in [0.25, 0.3) is 0 Å². The van der Waals surface area contributed by atoms with Gasteiger partial charge in [0.25, 0.3) is 0 Å². The van der Waals surface area contributed by atoms with E-state index in [1.807, 2.05) is 0 Å². The maximum atomic E-state index is 12.8. The van der Waals surface area contributed by atoms with Crippen LogP contribution in [0.5, 0.6) is 0 Å². The van der Waals surface area contributed by atoms with Gasteiger partial charge in [-0.15, -0.1) is 0 Å². The first-order valence-corrected chi connectivity index (χ1v) is 6.66. The minimum Gasteiger partial charge on any atom is -0.330 e. The van der Waals surface area contributed by atoms with Crippen molar-refractivity contribution in [2.75, 3.05) is 6.54 Å². The Morgan fingerprint density at radius 1 is 1.17 bits per heavy atom. The van der Waals surface area contributed by atoms with E-state index >= 15 is 0 Å². The van der Waals surface area contributed by atoms with E-state index < -0.39 is 0 Å². The van der Waals surface area contributed by atoms with Crippen LogP contribution < -0.4 is 5.73 Å². The molecule has 0 unspecified atom stereocenters.